The van der Waals surface area contributed by atoms with Gasteiger partial charge < -0.3 is 19.3 Å². The lowest BCUT2D eigenvalue weighted by molar-refractivity contribution is -0.130. The van der Waals surface area contributed by atoms with Crippen molar-refractivity contribution in [3.63, 3.8) is 0 Å². The highest BCUT2D eigenvalue weighted by atomic mass is 16.5. The molecule has 0 atom stereocenters. The molecule has 24 heavy (non-hydrogen) atoms. The van der Waals surface area contributed by atoms with Crippen LogP contribution in [0.25, 0.3) is 11.8 Å². The van der Waals surface area contributed by atoms with E-state index in [-0.39, 0.29) is 5.75 Å². The van der Waals surface area contributed by atoms with E-state index >= 15 is 0 Å². The first-order chi connectivity index (χ1) is 11.6. The van der Waals surface area contributed by atoms with Crippen LogP contribution in [0.4, 0.5) is 0 Å². The molecule has 0 aromatic heterocycles. The Labute approximate surface area is 139 Å². The first-order valence-electron chi connectivity index (χ1n) is 7.27. The number of ether oxygens (including phenoxy) is 3. The monoisotopic (exact) mass is 324 g/mol. The zero-order chi connectivity index (χ0) is 17.1. The molecule has 5 nitrogen and oxygen atoms in total. The number of carbonyl (C=O) groups is 1. The van der Waals surface area contributed by atoms with Gasteiger partial charge in [-0.3, -0.25) is 0 Å². The molecule has 0 aliphatic carbocycles. The highest BCUT2D eigenvalue weighted by molar-refractivity contribution is 6.05. The quantitative estimate of drug-likeness (QED) is 0.690. The van der Waals surface area contributed by atoms with Gasteiger partial charge in [0.25, 0.3) is 0 Å². The van der Waals surface area contributed by atoms with Crippen LogP contribution in [0.3, 0.4) is 0 Å². The van der Waals surface area contributed by atoms with Crippen molar-refractivity contribution in [1.29, 1.82) is 0 Å². The first-order valence-corrected chi connectivity index (χ1v) is 7.27. The van der Waals surface area contributed by atoms with Crippen molar-refractivity contribution < 1.29 is 24.1 Å². The Kier molecular flexibility index (Phi) is 4.24. The lowest BCUT2D eigenvalue weighted by Crippen LogP contribution is -1.98. The third-order valence-corrected chi connectivity index (χ3v) is 3.61. The molecule has 1 aliphatic heterocycles. The number of hydrogen-bond donors (Lipinski definition) is 1. The molecule has 1 N–H and O–H groups in total. The second kappa shape index (κ2) is 6.50. The third kappa shape index (κ3) is 3.10. The molecule has 2 aromatic rings. The van der Waals surface area contributed by atoms with E-state index in [2.05, 4.69) is 0 Å². The lowest BCUT2D eigenvalue weighted by Gasteiger charge is -2.10. The molecule has 0 spiro atoms. The Hall–Kier alpha value is -3.21. The Morgan fingerprint density at radius 2 is 1.79 bits per heavy atom. The molecule has 3 rings (SSSR count). The Morgan fingerprint density at radius 3 is 2.46 bits per heavy atom. The predicted octanol–water partition coefficient (Wildman–Crippen LogP) is 3.39. The molecule has 122 valence electrons. The van der Waals surface area contributed by atoms with Gasteiger partial charge in [0.05, 0.1) is 25.4 Å². The van der Waals surface area contributed by atoms with Gasteiger partial charge in [-0.15, -0.1) is 0 Å². The van der Waals surface area contributed by atoms with E-state index < -0.39 is 5.97 Å². The van der Waals surface area contributed by atoms with Crippen LogP contribution in [-0.4, -0.2) is 25.3 Å². The van der Waals surface area contributed by atoms with Crippen molar-refractivity contribution >= 4 is 17.8 Å². The van der Waals surface area contributed by atoms with Crippen LogP contribution < -0.4 is 9.47 Å². The summed E-state index contributed by atoms with van der Waals surface area (Å²) in [6, 6.07) is 11.8. The molecule has 0 unspecified atom stereocenters. The predicted molar refractivity (Wildman–Crippen MR) is 89.7 cm³/mol. The maximum atomic E-state index is 12.1. The Bertz CT molecular complexity index is 831. The summed E-state index contributed by atoms with van der Waals surface area (Å²) in [6.45, 7) is 0. The summed E-state index contributed by atoms with van der Waals surface area (Å²) in [6.07, 6.45) is 3.37. The lowest BCUT2D eigenvalue weighted by atomic mass is 10.1. The fraction of sp³-hybridized carbons (Fsp3) is 0.105. The van der Waals surface area contributed by atoms with Crippen LogP contribution in [0.5, 0.6) is 17.2 Å². The highest BCUT2D eigenvalue weighted by Gasteiger charge is 2.24. The summed E-state index contributed by atoms with van der Waals surface area (Å²) in [5.41, 5.74) is 1.88. The Morgan fingerprint density at radius 1 is 1.04 bits per heavy atom. The second-order valence-corrected chi connectivity index (χ2v) is 5.16. The van der Waals surface area contributed by atoms with E-state index in [1.807, 2.05) is 0 Å². The third-order valence-electron chi connectivity index (χ3n) is 3.61. The summed E-state index contributed by atoms with van der Waals surface area (Å²) < 4.78 is 15.9. The number of rotatable bonds is 4. The van der Waals surface area contributed by atoms with Gasteiger partial charge in [-0.05, 0) is 42.0 Å². The average molecular weight is 324 g/mol. The molecule has 5 heteroatoms. The van der Waals surface area contributed by atoms with Gasteiger partial charge in [0.1, 0.15) is 23.0 Å². The first kappa shape index (κ1) is 15.7. The van der Waals surface area contributed by atoms with E-state index in [0.29, 0.717) is 28.4 Å². The molecule has 2 aromatic carbocycles. The largest absolute Gasteiger partial charge is 0.508 e. The van der Waals surface area contributed by atoms with Crippen LogP contribution in [0.2, 0.25) is 0 Å². The van der Waals surface area contributed by atoms with Gasteiger partial charge in [0, 0.05) is 6.07 Å². The minimum atomic E-state index is -0.434. The van der Waals surface area contributed by atoms with Crippen LogP contribution in [0.1, 0.15) is 11.1 Å². The smallest absolute Gasteiger partial charge is 0.343 e. The fourth-order valence-electron chi connectivity index (χ4n) is 2.37. The summed E-state index contributed by atoms with van der Waals surface area (Å²) in [7, 11) is 3.12. The zero-order valence-electron chi connectivity index (χ0n) is 13.3. The van der Waals surface area contributed by atoms with E-state index in [1.54, 1.807) is 68.8 Å². The van der Waals surface area contributed by atoms with Gasteiger partial charge in [-0.2, -0.15) is 0 Å². The zero-order valence-corrected chi connectivity index (χ0v) is 13.3. The molecule has 0 saturated heterocycles. The van der Waals surface area contributed by atoms with Crippen molar-refractivity contribution in [1.82, 2.24) is 0 Å². The molecule has 0 fully saturated rings. The molecule has 1 heterocycles. The number of methoxy groups -OCH3 is 2. The van der Waals surface area contributed by atoms with E-state index in [0.717, 1.165) is 5.56 Å². The highest BCUT2D eigenvalue weighted by Crippen LogP contribution is 2.35. The van der Waals surface area contributed by atoms with Crippen molar-refractivity contribution in [3.05, 3.63) is 65.2 Å². The van der Waals surface area contributed by atoms with Gasteiger partial charge >= 0.3 is 5.97 Å². The number of benzene rings is 2. The molecule has 0 radical (unpaired) electrons. The fourth-order valence-corrected chi connectivity index (χ4v) is 2.37. The van der Waals surface area contributed by atoms with Crippen molar-refractivity contribution in [2.75, 3.05) is 14.2 Å². The maximum Gasteiger partial charge on any atom is 0.343 e. The molecule has 0 bridgehead atoms. The summed E-state index contributed by atoms with van der Waals surface area (Å²) in [5.74, 6) is 1.37. The number of cyclic esters (lactones) is 1. The molecule has 0 amide bonds. The number of hydrogen-bond acceptors (Lipinski definition) is 5. The summed E-state index contributed by atoms with van der Waals surface area (Å²) in [4.78, 5) is 12.1. The average Bonchev–Trinajstić information content (AvgIpc) is 2.96. The second-order valence-electron chi connectivity index (χ2n) is 5.16. The molecular weight excluding hydrogens is 308 g/mol. The Balaban J connectivity index is 1.96. The number of phenolic OH excluding ortho intramolecular Hbond substituents is 1. The molecule has 0 saturated carbocycles. The van der Waals surface area contributed by atoms with Gasteiger partial charge in [0.15, 0.2) is 0 Å². The van der Waals surface area contributed by atoms with Crippen molar-refractivity contribution in [3.8, 4) is 17.2 Å². The topological polar surface area (TPSA) is 65.0 Å². The number of phenols is 1. The van der Waals surface area contributed by atoms with Gasteiger partial charge in [0.2, 0.25) is 0 Å². The SMILES string of the molecule is COc1ccc(C2=CC(=Cc3ccc(O)cc3)C(=O)O2)c(OC)c1. The summed E-state index contributed by atoms with van der Waals surface area (Å²) >= 11 is 0. The number of carbonyl (C=O) groups excluding carboxylic acids is 1. The minimum Gasteiger partial charge on any atom is -0.508 e. The van der Waals surface area contributed by atoms with E-state index in [4.69, 9.17) is 14.2 Å². The van der Waals surface area contributed by atoms with Crippen LogP contribution >= 0.6 is 0 Å². The van der Waals surface area contributed by atoms with E-state index in [9.17, 15) is 9.90 Å². The standard InChI is InChI=1S/C19H16O5/c1-22-15-7-8-16(17(11-15)23-2)18-10-13(19(21)24-18)9-12-3-5-14(20)6-4-12/h3-11,20H,1-2H3. The van der Waals surface area contributed by atoms with Crippen LogP contribution in [0, 0.1) is 0 Å². The van der Waals surface area contributed by atoms with Crippen LogP contribution in [0.15, 0.2) is 54.1 Å². The normalized spacial score (nSPS) is 15.2. The maximum absolute atomic E-state index is 12.1. The minimum absolute atomic E-state index is 0.172. The van der Waals surface area contributed by atoms with Gasteiger partial charge in [-0.25, -0.2) is 4.79 Å². The van der Waals surface area contributed by atoms with Crippen molar-refractivity contribution in [2.45, 2.75) is 0 Å². The van der Waals surface area contributed by atoms with Crippen molar-refractivity contribution in [2.24, 2.45) is 0 Å². The molecule has 1 aliphatic rings. The van der Waals surface area contributed by atoms with Crippen LogP contribution in [-0.2, 0) is 9.53 Å². The number of aromatic hydroxyl groups is 1. The van der Waals surface area contributed by atoms with Gasteiger partial charge in [-0.1, -0.05) is 12.1 Å². The summed E-state index contributed by atoms with van der Waals surface area (Å²) in [5, 5.41) is 9.31. The number of esters is 1. The molecular formula is C19H16O5. The van der Waals surface area contributed by atoms with E-state index in [1.165, 1.54) is 0 Å².